The van der Waals surface area contributed by atoms with Crippen molar-refractivity contribution in [1.29, 1.82) is 5.26 Å². The maximum absolute atomic E-state index is 9.31. The summed E-state index contributed by atoms with van der Waals surface area (Å²) in [6.45, 7) is 0.630. The molecule has 0 aliphatic carbocycles. The van der Waals surface area contributed by atoms with Crippen molar-refractivity contribution >= 4 is 17.1 Å². The summed E-state index contributed by atoms with van der Waals surface area (Å²) in [5.74, 6) is 0. The highest BCUT2D eigenvalue weighted by molar-refractivity contribution is 5.99. The molecule has 4 rings (SSSR count). The zero-order valence-corrected chi connectivity index (χ0v) is 13.3. The number of nitrogens with zero attached hydrogens (tertiary/aromatic N) is 6. The first-order valence-corrected chi connectivity index (χ1v) is 7.80. The van der Waals surface area contributed by atoms with Crippen molar-refractivity contribution in [3.63, 3.8) is 0 Å². The van der Waals surface area contributed by atoms with Gasteiger partial charge in [0.25, 0.3) is 0 Å². The molecule has 0 unspecified atom stereocenters. The van der Waals surface area contributed by atoms with Crippen molar-refractivity contribution < 1.29 is 0 Å². The molecule has 2 heterocycles. The Kier molecular flexibility index (Phi) is 3.81. The van der Waals surface area contributed by atoms with Gasteiger partial charge in [-0.2, -0.15) is 10.4 Å². The number of aromatic nitrogens is 4. The van der Waals surface area contributed by atoms with Gasteiger partial charge in [-0.15, -0.1) is 10.2 Å². The molecule has 0 aliphatic rings. The van der Waals surface area contributed by atoms with Gasteiger partial charge in [-0.1, -0.05) is 36.4 Å². The van der Waals surface area contributed by atoms with Crippen molar-refractivity contribution in [2.45, 2.75) is 6.54 Å². The van der Waals surface area contributed by atoms with E-state index in [0.29, 0.717) is 12.1 Å². The minimum absolute atomic E-state index is 0.630. The van der Waals surface area contributed by atoms with Crippen LogP contribution >= 0.6 is 0 Å². The monoisotopic (exact) mass is 326 g/mol. The molecule has 0 spiro atoms. The van der Waals surface area contributed by atoms with Crippen LogP contribution in [0.1, 0.15) is 16.7 Å². The van der Waals surface area contributed by atoms with Gasteiger partial charge in [-0.05, 0) is 17.7 Å². The van der Waals surface area contributed by atoms with E-state index in [2.05, 4.69) is 38.1 Å². The lowest BCUT2D eigenvalue weighted by atomic mass is 10.1. The number of para-hydroxylation sites is 1. The minimum Gasteiger partial charge on any atom is -0.342 e. The minimum atomic E-state index is 0.630. The zero-order chi connectivity index (χ0) is 17.1. The third kappa shape index (κ3) is 2.91. The topological polar surface area (TPSA) is 71.8 Å². The van der Waals surface area contributed by atoms with Crippen LogP contribution < -0.4 is 0 Å². The van der Waals surface area contributed by atoms with Gasteiger partial charge in [-0.25, -0.2) is 4.68 Å². The first kappa shape index (κ1) is 14.8. The van der Waals surface area contributed by atoms with Crippen LogP contribution in [-0.2, 0) is 6.54 Å². The Morgan fingerprint density at radius 1 is 1.04 bits per heavy atom. The van der Waals surface area contributed by atoms with Crippen molar-refractivity contribution in [2.24, 2.45) is 5.10 Å². The van der Waals surface area contributed by atoms with Gasteiger partial charge in [-0.3, -0.25) is 0 Å². The molecule has 6 heteroatoms. The fourth-order valence-corrected chi connectivity index (χ4v) is 2.84. The average molecular weight is 326 g/mol. The number of fused-ring (bicyclic) bond motifs is 1. The van der Waals surface area contributed by atoms with Crippen LogP contribution in [0.15, 0.2) is 72.5 Å². The van der Waals surface area contributed by atoms with Gasteiger partial charge < -0.3 is 4.57 Å². The molecule has 0 N–H and O–H groups in total. The normalized spacial score (nSPS) is 11.2. The Bertz CT molecular complexity index is 1080. The smallest absolute Gasteiger partial charge is 0.141 e. The molecule has 25 heavy (non-hydrogen) atoms. The van der Waals surface area contributed by atoms with Gasteiger partial charge >= 0.3 is 0 Å². The van der Waals surface area contributed by atoms with Gasteiger partial charge in [0.1, 0.15) is 12.7 Å². The second-order valence-corrected chi connectivity index (χ2v) is 5.58. The van der Waals surface area contributed by atoms with E-state index in [1.165, 1.54) is 0 Å². The lowest BCUT2D eigenvalue weighted by Gasteiger charge is -2.07. The van der Waals surface area contributed by atoms with E-state index in [1.807, 2.05) is 42.6 Å². The molecule has 6 nitrogen and oxygen atoms in total. The van der Waals surface area contributed by atoms with Crippen molar-refractivity contribution in [1.82, 2.24) is 19.4 Å². The van der Waals surface area contributed by atoms with Gasteiger partial charge in [0, 0.05) is 29.2 Å². The SMILES string of the molecule is N#Cc1ccccc1Cn1cc(C=Nn2cnnc2)c2ccccc21. The second kappa shape index (κ2) is 6.42. The van der Waals surface area contributed by atoms with Crippen molar-refractivity contribution in [3.8, 4) is 6.07 Å². The van der Waals surface area contributed by atoms with Crippen LogP contribution in [-0.4, -0.2) is 25.7 Å². The molecule has 4 aromatic rings. The molecule has 0 atom stereocenters. The number of hydrogen-bond donors (Lipinski definition) is 0. The number of nitriles is 1. The summed E-state index contributed by atoms with van der Waals surface area (Å²) in [5, 5.41) is 22.2. The first-order valence-electron chi connectivity index (χ1n) is 7.80. The van der Waals surface area contributed by atoms with Crippen LogP contribution in [0.3, 0.4) is 0 Å². The third-order valence-corrected chi connectivity index (χ3v) is 4.03. The van der Waals surface area contributed by atoms with E-state index in [1.54, 1.807) is 23.5 Å². The highest BCUT2D eigenvalue weighted by atomic mass is 15.4. The number of rotatable bonds is 4. The molecule has 0 bridgehead atoms. The Balaban J connectivity index is 1.76. The molecule has 2 aromatic heterocycles. The summed E-state index contributed by atoms with van der Waals surface area (Å²) >= 11 is 0. The molecule has 2 aromatic carbocycles. The third-order valence-electron chi connectivity index (χ3n) is 4.03. The molecular formula is C19H14N6. The van der Waals surface area contributed by atoms with Crippen LogP contribution in [0.25, 0.3) is 10.9 Å². The van der Waals surface area contributed by atoms with E-state index in [4.69, 9.17) is 0 Å². The number of hydrogen-bond acceptors (Lipinski definition) is 4. The lowest BCUT2D eigenvalue weighted by molar-refractivity contribution is 0.833. The summed E-state index contributed by atoms with van der Waals surface area (Å²) in [4.78, 5) is 0. The number of benzene rings is 2. The molecule has 0 amide bonds. The van der Waals surface area contributed by atoms with Crippen molar-refractivity contribution in [2.75, 3.05) is 0 Å². The molecule has 0 radical (unpaired) electrons. The van der Waals surface area contributed by atoms with Gasteiger partial charge in [0.2, 0.25) is 0 Å². The van der Waals surface area contributed by atoms with Gasteiger partial charge in [0.05, 0.1) is 17.8 Å². The second-order valence-electron chi connectivity index (χ2n) is 5.58. The van der Waals surface area contributed by atoms with Gasteiger partial charge in [0.15, 0.2) is 0 Å². The molecule has 0 saturated heterocycles. The molecular weight excluding hydrogens is 312 g/mol. The maximum atomic E-state index is 9.31. The average Bonchev–Trinajstić information content (AvgIpc) is 3.29. The van der Waals surface area contributed by atoms with Crippen molar-refractivity contribution in [3.05, 3.63) is 84.1 Å². The van der Waals surface area contributed by atoms with Crippen LogP contribution in [0, 0.1) is 11.3 Å². The fourth-order valence-electron chi connectivity index (χ4n) is 2.84. The van der Waals surface area contributed by atoms with E-state index < -0.39 is 0 Å². The fraction of sp³-hybridized carbons (Fsp3) is 0.0526. The van der Waals surface area contributed by atoms with Crippen LogP contribution in [0.4, 0.5) is 0 Å². The van der Waals surface area contributed by atoms with Crippen LogP contribution in [0.5, 0.6) is 0 Å². The Labute approximate surface area is 144 Å². The summed E-state index contributed by atoms with van der Waals surface area (Å²) in [7, 11) is 0. The van der Waals surface area contributed by atoms with E-state index in [9.17, 15) is 5.26 Å². The largest absolute Gasteiger partial charge is 0.342 e. The molecule has 0 fully saturated rings. The standard InChI is InChI=1S/C19H14N6/c20-9-15-5-1-2-6-16(15)11-24-12-17(10-23-25-13-21-22-14-25)18-7-3-4-8-19(18)24/h1-8,10,12-14H,11H2. The molecule has 120 valence electrons. The Morgan fingerprint density at radius 2 is 1.80 bits per heavy atom. The zero-order valence-electron chi connectivity index (χ0n) is 13.3. The summed E-state index contributed by atoms with van der Waals surface area (Å²) < 4.78 is 3.69. The first-order chi connectivity index (χ1) is 12.3. The molecule has 0 saturated carbocycles. The van der Waals surface area contributed by atoms with E-state index in [-0.39, 0.29) is 0 Å². The Morgan fingerprint density at radius 3 is 2.64 bits per heavy atom. The Hall–Kier alpha value is -3.72. The summed E-state index contributed by atoms with van der Waals surface area (Å²) in [6.07, 6.45) is 6.92. The van der Waals surface area contributed by atoms with E-state index >= 15 is 0 Å². The van der Waals surface area contributed by atoms with E-state index in [0.717, 1.165) is 22.0 Å². The summed E-state index contributed by atoms with van der Waals surface area (Å²) in [6, 6.07) is 18.1. The predicted octanol–water partition coefficient (Wildman–Crippen LogP) is 3.03. The van der Waals surface area contributed by atoms with Crippen LogP contribution in [0.2, 0.25) is 0 Å². The highest BCUT2D eigenvalue weighted by Crippen LogP contribution is 2.22. The maximum Gasteiger partial charge on any atom is 0.141 e. The quantitative estimate of drug-likeness (QED) is 0.541. The summed E-state index contributed by atoms with van der Waals surface area (Å²) in [5.41, 5.74) is 3.78. The predicted molar refractivity (Wildman–Crippen MR) is 95.2 cm³/mol. The molecule has 0 aliphatic heterocycles. The highest BCUT2D eigenvalue weighted by Gasteiger charge is 2.09. The lowest BCUT2D eigenvalue weighted by Crippen LogP contribution is -2.00.